The minimum absolute atomic E-state index is 0.00359. The van der Waals surface area contributed by atoms with Crippen LogP contribution in [0.3, 0.4) is 0 Å². The summed E-state index contributed by atoms with van der Waals surface area (Å²) < 4.78 is 28.3. The molecule has 3 aliphatic rings. The zero-order valence-corrected chi connectivity index (χ0v) is 15.5. The molecule has 24 heavy (non-hydrogen) atoms. The average molecular weight is 409 g/mol. The number of fused-ring (bicyclic) bond motifs is 2. The summed E-state index contributed by atoms with van der Waals surface area (Å²) in [5, 5.41) is 0. The highest BCUT2D eigenvalue weighted by Crippen LogP contribution is 2.39. The monoisotopic (exact) mass is 408 g/mol. The molecular formula is C16H17BrN4O2S. The van der Waals surface area contributed by atoms with Gasteiger partial charge in [-0.25, -0.2) is 18.4 Å². The van der Waals surface area contributed by atoms with Gasteiger partial charge in [-0.3, -0.25) is 0 Å². The molecule has 2 unspecified atom stereocenters. The smallest absolute Gasteiger partial charge is 0.244 e. The third-order valence-corrected chi connectivity index (χ3v) is 7.65. The standard InChI is InChI=1S/C16H17BrN4O2S/c1-11-6-16(19-10-18-11)20-8-12-7-13(9-20)21(12)24(22,23)15-5-3-2-4-14(15)17/h2-6,10,12-13H,7-9H2,1H3. The van der Waals surface area contributed by atoms with E-state index < -0.39 is 10.0 Å². The van der Waals surface area contributed by atoms with Gasteiger partial charge in [0.15, 0.2) is 0 Å². The number of hydrogen-bond donors (Lipinski definition) is 0. The number of aromatic nitrogens is 2. The van der Waals surface area contributed by atoms with Crippen molar-refractivity contribution < 1.29 is 8.42 Å². The quantitative estimate of drug-likeness (QED) is 0.778. The molecule has 0 saturated carbocycles. The summed E-state index contributed by atoms with van der Waals surface area (Å²) in [6, 6.07) is 8.92. The van der Waals surface area contributed by atoms with E-state index in [2.05, 4.69) is 30.8 Å². The largest absolute Gasteiger partial charge is 0.353 e. The van der Waals surface area contributed by atoms with Gasteiger partial charge in [0.1, 0.15) is 12.1 Å². The van der Waals surface area contributed by atoms with Crippen LogP contribution < -0.4 is 4.90 Å². The minimum atomic E-state index is -3.48. The summed E-state index contributed by atoms with van der Waals surface area (Å²) in [4.78, 5) is 10.9. The predicted molar refractivity (Wildman–Crippen MR) is 94.3 cm³/mol. The summed E-state index contributed by atoms with van der Waals surface area (Å²) in [5.41, 5.74) is 0.914. The van der Waals surface area contributed by atoms with Crippen LogP contribution in [0.2, 0.25) is 0 Å². The molecule has 3 fully saturated rings. The van der Waals surface area contributed by atoms with Crippen LogP contribution in [0.25, 0.3) is 0 Å². The zero-order valence-electron chi connectivity index (χ0n) is 13.1. The lowest BCUT2D eigenvalue weighted by Crippen LogP contribution is -2.70. The number of halogens is 1. The topological polar surface area (TPSA) is 66.4 Å². The Morgan fingerprint density at radius 2 is 1.88 bits per heavy atom. The number of aryl methyl sites for hydroxylation is 1. The van der Waals surface area contributed by atoms with E-state index in [1.165, 1.54) is 0 Å². The third kappa shape index (κ3) is 2.53. The number of rotatable bonds is 3. The number of piperazine rings is 1. The SMILES string of the molecule is Cc1cc(N2CC3CC(C2)N3S(=O)(=O)c2ccccc2Br)ncn1. The molecule has 0 radical (unpaired) electrons. The van der Waals surface area contributed by atoms with Crippen molar-refractivity contribution >= 4 is 31.8 Å². The van der Waals surface area contributed by atoms with E-state index >= 15 is 0 Å². The molecule has 2 aromatic rings. The maximum Gasteiger partial charge on any atom is 0.244 e. The molecule has 2 bridgehead atoms. The molecule has 0 aliphatic carbocycles. The normalized spacial score (nSPS) is 23.8. The van der Waals surface area contributed by atoms with Crippen LogP contribution in [0.5, 0.6) is 0 Å². The lowest BCUT2D eigenvalue weighted by atomic mass is 9.91. The molecule has 4 heterocycles. The Balaban J connectivity index is 1.58. The first kappa shape index (κ1) is 16.0. The Morgan fingerprint density at radius 3 is 2.54 bits per heavy atom. The first-order chi connectivity index (χ1) is 11.5. The molecule has 3 saturated heterocycles. The fourth-order valence-electron chi connectivity index (χ4n) is 3.54. The predicted octanol–water partition coefficient (Wildman–Crippen LogP) is 2.20. The van der Waals surface area contributed by atoms with Gasteiger partial charge in [-0.05, 0) is 41.4 Å². The second kappa shape index (κ2) is 5.79. The van der Waals surface area contributed by atoms with Crippen molar-refractivity contribution in [3.8, 4) is 0 Å². The first-order valence-electron chi connectivity index (χ1n) is 7.78. The highest BCUT2D eigenvalue weighted by Gasteiger charge is 2.51. The van der Waals surface area contributed by atoms with Crippen molar-refractivity contribution in [2.75, 3.05) is 18.0 Å². The van der Waals surface area contributed by atoms with Crippen LogP contribution in [-0.2, 0) is 10.0 Å². The van der Waals surface area contributed by atoms with Gasteiger partial charge >= 0.3 is 0 Å². The summed E-state index contributed by atoms with van der Waals surface area (Å²) >= 11 is 3.36. The van der Waals surface area contributed by atoms with Crippen LogP contribution >= 0.6 is 15.9 Å². The van der Waals surface area contributed by atoms with Crippen LogP contribution in [0.4, 0.5) is 5.82 Å². The van der Waals surface area contributed by atoms with Gasteiger partial charge in [0.05, 0.1) is 4.90 Å². The van der Waals surface area contributed by atoms with Crippen molar-refractivity contribution in [1.82, 2.24) is 14.3 Å². The second-order valence-electron chi connectivity index (χ2n) is 6.23. The van der Waals surface area contributed by atoms with E-state index in [9.17, 15) is 8.42 Å². The van der Waals surface area contributed by atoms with Gasteiger partial charge in [0.25, 0.3) is 0 Å². The zero-order chi connectivity index (χ0) is 16.9. The number of sulfonamides is 1. The first-order valence-corrected chi connectivity index (χ1v) is 10.0. The highest BCUT2D eigenvalue weighted by atomic mass is 79.9. The summed E-state index contributed by atoms with van der Waals surface area (Å²) in [7, 11) is -3.48. The van der Waals surface area contributed by atoms with Crippen molar-refractivity contribution in [2.45, 2.75) is 30.3 Å². The molecule has 6 nitrogen and oxygen atoms in total. The molecule has 5 rings (SSSR count). The van der Waals surface area contributed by atoms with Gasteiger partial charge in [0.2, 0.25) is 10.0 Å². The van der Waals surface area contributed by atoms with Gasteiger partial charge < -0.3 is 4.90 Å². The van der Waals surface area contributed by atoms with E-state index in [1.807, 2.05) is 19.1 Å². The number of anilines is 1. The number of hydrogen-bond acceptors (Lipinski definition) is 5. The Bertz CT molecular complexity index is 877. The van der Waals surface area contributed by atoms with Gasteiger partial charge in [-0.1, -0.05) is 12.1 Å². The molecule has 2 atom stereocenters. The number of benzene rings is 1. The Hall–Kier alpha value is -1.51. The molecule has 0 spiro atoms. The van der Waals surface area contributed by atoms with Gasteiger partial charge in [0, 0.05) is 41.4 Å². The van der Waals surface area contributed by atoms with E-state index in [0.29, 0.717) is 22.5 Å². The molecule has 1 aromatic carbocycles. The van der Waals surface area contributed by atoms with Gasteiger partial charge in [-0.15, -0.1) is 0 Å². The van der Waals surface area contributed by atoms with Gasteiger partial charge in [-0.2, -0.15) is 4.31 Å². The van der Waals surface area contributed by atoms with Crippen LogP contribution in [0.1, 0.15) is 12.1 Å². The van der Waals surface area contributed by atoms with Crippen LogP contribution in [-0.4, -0.2) is 47.9 Å². The molecule has 0 amide bonds. The minimum Gasteiger partial charge on any atom is -0.353 e. The number of nitrogens with zero attached hydrogens (tertiary/aromatic N) is 4. The Kier molecular flexibility index (Phi) is 3.85. The maximum absolute atomic E-state index is 13.0. The molecule has 3 aliphatic heterocycles. The lowest BCUT2D eigenvalue weighted by molar-refractivity contribution is 0.0874. The van der Waals surface area contributed by atoms with E-state index in [4.69, 9.17) is 0 Å². The van der Waals surface area contributed by atoms with Crippen LogP contribution in [0.15, 0.2) is 46.0 Å². The lowest BCUT2D eigenvalue weighted by Gasteiger charge is -2.55. The van der Waals surface area contributed by atoms with E-state index in [-0.39, 0.29) is 12.1 Å². The molecule has 8 heteroatoms. The Labute approximate surface area is 149 Å². The van der Waals surface area contributed by atoms with E-state index in [0.717, 1.165) is 17.9 Å². The molecular weight excluding hydrogens is 392 g/mol. The van der Waals surface area contributed by atoms with Crippen molar-refractivity contribution in [1.29, 1.82) is 0 Å². The average Bonchev–Trinajstić information content (AvgIpc) is 2.54. The fraction of sp³-hybridized carbons (Fsp3) is 0.375. The van der Waals surface area contributed by atoms with E-state index in [1.54, 1.807) is 28.8 Å². The maximum atomic E-state index is 13.0. The van der Waals surface area contributed by atoms with Crippen molar-refractivity contribution in [3.05, 3.63) is 46.8 Å². The van der Waals surface area contributed by atoms with Crippen LogP contribution in [0, 0.1) is 6.92 Å². The van der Waals surface area contributed by atoms with Crippen molar-refractivity contribution in [2.24, 2.45) is 0 Å². The fourth-order valence-corrected chi connectivity index (χ4v) is 6.32. The molecule has 126 valence electrons. The molecule has 1 aromatic heterocycles. The third-order valence-electron chi connectivity index (χ3n) is 4.63. The summed E-state index contributed by atoms with van der Waals surface area (Å²) in [6.07, 6.45) is 2.46. The molecule has 0 N–H and O–H groups in total. The Morgan fingerprint density at radius 1 is 1.17 bits per heavy atom. The second-order valence-corrected chi connectivity index (χ2v) is 8.90. The number of piperidine rings is 1. The summed E-state index contributed by atoms with van der Waals surface area (Å²) in [5.74, 6) is 0.870. The summed E-state index contributed by atoms with van der Waals surface area (Å²) in [6.45, 7) is 3.26. The highest BCUT2D eigenvalue weighted by molar-refractivity contribution is 9.10. The van der Waals surface area contributed by atoms with Crippen molar-refractivity contribution in [3.63, 3.8) is 0 Å².